The first-order chi connectivity index (χ1) is 7.67. The smallest absolute Gasteiger partial charge is 0.281 e. The standard InChI is InChI=1S/C10H18N2O3S/c1-2-8(7-13)11-9(14)3-4-12-5-6-16-10(12)15/h8,13H,2-7H2,1H3,(H,11,14)/t8-/m0/s1. The Kier molecular flexibility index (Phi) is 5.62. The van der Waals surface area contributed by atoms with Crippen LogP contribution in [0.3, 0.4) is 0 Å². The average Bonchev–Trinajstić information content (AvgIpc) is 2.69. The van der Waals surface area contributed by atoms with Gasteiger partial charge >= 0.3 is 0 Å². The molecule has 6 heteroatoms. The lowest BCUT2D eigenvalue weighted by Gasteiger charge is -2.17. The minimum absolute atomic E-state index is 0.0409. The Hall–Kier alpha value is -0.750. The Morgan fingerprint density at radius 3 is 2.94 bits per heavy atom. The van der Waals surface area contributed by atoms with Gasteiger partial charge in [-0.15, -0.1) is 0 Å². The fourth-order valence-electron chi connectivity index (χ4n) is 1.44. The van der Waals surface area contributed by atoms with E-state index in [9.17, 15) is 9.59 Å². The maximum absolute atomic E-state index is 11.5. The summed E-state index contributed by atoms with van der Waals surface area (Å²) in [7, 11) is 0. The van der Waals surface area contributed by atoms with E-state index in [1.807, 2.05) is 6.92 Å². The van der Waals surface area contributed by atoms with Crippen LogP contribution < -0.4 is 5.32 Å². The van der Waals surface area contributed by atoms with E-state index in [4.69, 9.17) is 5.11 Å². The third kappa shape index (κ3) is 4.02. The second-order valence-corrected chi connectivity index (χ2v) is 4.75. The largest absolute Gasteiger partial charge is 0.394 e. The van der Waals surface area contributed by atoms with Crippen molar-refractivity contribution in [2.45, 2.75) is 25.8 Å². The number of amides is 2. The lowest BCUT2D eigenvalue weighted by molar-refractivity contribution is -0.122. The quantitative estimate of drug-likeness (QED) is 0.713. The number of rotatable bonds is 6. The second kappa shape index (κ2) is 6.75. The zero-order valence-corrected chi connectivity index (χ0v) is 10.3. The van der Waals surface area contributed by atoms with Gasteiger partial charge in [-0.05, 0) is 6.42 Å². The number of carbonyl (C=O) groups excluding carboxylic acids is 2. The third-order valence-electron chi connectivity index (χ3n) is 2.53. The van der Waals surface area contributed by atoms with Crippen LogP contribution in [-0.2, 0) is 4.79 Å². The number of hydrogen-bond donors (Lipinski definition) is 2. The average molecular weight is 246 g/mol. The predicted molar refractivity (Wildman–Crippen MR) is 63.4 cm³/mol. The zero-order chi connectivity index (χ0) is 12.0. The number of carbonyl (C=O) groups is 2. The molecule has 5 nitrogen and oxygen atoms in total. The van der Waals surface area contributed by atoms with Gasteiger partial charge in [0.05, 0.1) is 12.6 Å². The van der Waals surface area contributed by atoms with Crippen molar-refractivity contribution in [2.75, 3.05) is 25.4 Å². The number of nitrogens with one attached hydrogen (secondary N) is 1. The van der Waals surface area contributed by atoms with Crippen molar-refractivity contribution < 1.29 is 14.7 Å². The lowest BCUT2D eigenvalue weighted by Crippen LogP contribution is -2.38. The Bertz CT molecular complexity index is 256. The first kappa shape index (κ1) is 13.3. The fraction of sp³-hybridized carbons (Fsp3) is 0.800. The van der Waals surface area contributed by atoms with Crippen LogP contribution in [-0.4, -0.2) is 52.6 Å². The van der Waals surface area contributed by atoms with Crippen molar-refractivity contribution in [2.24, 2.45) is 0 Å². The topological polar surface area (TPSA) is 69.6 Å². The molecule has 1 aliphatic rings. The molecule has 2 N–H and O–H groups in total. The molecule has 0 aromatic heterocycles. The fourth-order valence-corrected chi connectivity index (χ4v) is 2.29. The molecule has 0 aliphatic carbocycles. The molecule has 1 saturated heterocycles. The first-order valence-electron chi connectivity index (χ1n) is 5.49. The number of hydrogen-bond acceptors (Lipinski definition) is 4. The van der Waals surface area contributed by atoms with Crippen molar-refractivity contribution in [1.82, 2.24) is 10.2 Å². The molecular formula is C10H18N2O3S. The highest BCUT2D eigenvalue weighted by atomic mass is 32.2. The highest BCUT2D eigenvalue weighted by Gasteiger charge is 2.21. The molecule has 1 aliphatic heterocycles. The summed E-state index contributed by atoms with van der Waals surface area (Å²) in [6.07, 6.45) is 1.02. The van der Waals surface area contributed by atoms with Gasteiger partial charge in [0.2, 0.25) is 5.91 Å². The maximum atomic E-state index is 11.5. The Morgan fingerprint density at radius 1 is 1.69 bits per heavy atom. The van der Waals surface area contributed by atoms with Crippen LogP contribution >= 0.6 is 11.8 Å². The van der Waals surface area contributed by atoms with Gasteiger partial charge < -0.3 is 15.3 Å². The van der Waals surface area contributed by atoms with Crippen LogP contribution in [0.2, 0.25) is 0 Å². The van der Waals surface area contributed by atoms with Crippen molar-refractivity contribution in [1.29, 1.82) is 0 Å². The summed E-state index contributed by atoms with van der Waals surface area (Å²) in [4.78, 5) is 24.4. The highest BCUT2D eigenvalue weighted by molar-refractivity contribution is 8.13. The van der Waals surface area contributed by atoms with Gasteiger partial charge in [0.1, 0.15) is 0 Å². The number of thioether (sulfide) groups is 1. The highest BCUT2D eigenvalue weighted by Crippen LogP contribution is 2.16. The van der Waals surface area contributed by atoms with Crippen LogP contribution in [0.1, 0.15) is 19.8 Å². The molecule has 0 unspecified atom stereocenters. The van der Waals surface area contributed by atoms with Gasteiger partial charge in [-0.2, -0.15) is 0 Å². The van der Waals surface area contributed by atoms with E-state index in [1.54, 1.807) is 4.90 Å². The summed E-state index contributed by atoms with van der Waals surface area (Å²) in [5.74, 6) is 0.708. The normalized spacial score (nSPS) is 17.6. The SMILES string of the molecule is CC[C@@H](CO)NC(=O)CCN1CCSC1=O. The molecule has 2 amide bonds. The molecule has 92 valence electrons. The number of nitrogens with zero attached hydrogens (tertiary/aromatic N) is 1. The molecule has 0 bridgehead atoms. The van der Waals surface area contributed by atoms with Crippen molar-refractivity contribution in [3.05, 3.63) is 0 Å². The van der Waals surface area contributed by atoms with Crippen molar-refractivity contribution in [3.63, 3.8) is 0 Å². The second-order valence-electron chi connectivity index (χ2n) is 3.71. The lowest BCUT2D eigenvalue weighted by atomic mass is 10.2. The summed E-state index contributed by atoms with van der Waals surface area (Å²) in [5, 5.41) is 11.7. The number of aliphatic hydroxyl groups is 1. The summed E-state index contributed by atoms with van der Waals surface area (Å²) in [6.45, 7) is 3.07. The molecule has 16 heavy (non-hydrogen) atoms. The van der Waals surface area contributed by atoms with Gasteiger partial charge in [-0.1, -0.05) is 18.7 Å². The number of aliphatic hydroxyl groups excluding tert-OH is 1. The molecule has 1 heterocycles. The van der Waals surface area contributed by atoms with Crippen LogP contribution in [0.5, 0.6) is 0 Å². The van der Waals surface area contributed by atoms with E-state index in [1.165, 1.54) is 11.8 Å². The summed E-state index contributed by atoms with van der Waals surface area (Å²) >= 11 is 1.30. The molecular weight excluding hydrogens is 228 g/mol. The van der Waals surface area contributed by atoms with E-state index in [-0.39, 0.29) is 23.8 Å². The van der Waals surface area contributed by atoms with E-state index in [0.29, 0.717) is 19.4 Å². The molecule has 0 aromatic rings. The summed E-state index contributed by atoms with van der Waals surface area (Å²) in [6, 6.07) is -0.170. The molecule has 1 atom stereocenters. The minimum atomic E-state index is -0.170. The Balaban J connectivity index is 2.21. The van der Waals surface area contributed by atoms with Gasteiger partial charge in [-0.3, -0.25) is 9.59 Å². The zero-order valence-electron chi connectivity index (χ0n) is 9.44. The maximum Gasteiger partial charge on any atom is 0.281 e. The monoisotopic (exact) mass is 246 g/mol. The van der Waals surface area contributed by atoms with Crippen LogP contribution in [0, 0.1) is 0 Å². The van der Waals surface area contributed by atoms with E-state index >= 15 is 0 Å². The van der Waals surface area contributed by atoms with Crippen molar-refractivity contribution in [3.8, 4) is 0 Å². The van der Waals surface area contributed by atoms with Crippen molar-refractivity contribution >= 4 is 22.9 Å². The molecule has 0 spiro atoms. The molecule has 1 fully saturated rings. The first-order valence-corrected chi connectivity index (χ1v) is 6.47. The van der Waals surface area contributed by atoms with E-state index in [0.717, 1.165) is 12.3 Å². The van der Waals surface area contributed by atoms with Gasteiger partial charge in [0, 0.05) is 25.3 Å². The molecule has 0 saturated carbocycles. The predicted octanol–water partition coefficient (Wildman–Crippen LogP) is 0.432. The molecule has 0 radical (unpaired) electrons. The van der Waals surface area contributed by atoms with Crippen LogP contribution in [0.4, 0.5) is 4.79 Å². The van der Waals surface area contributed by atoms with Crippen LogP contribution in [0.15, 0.2) is 0 Å². The summed E-state index contributed by atoms with van der Waals surface area (Å²) < 4.78 is 0. The third-order valence-corrected chi connectivity index (χ3v) is 3.42. The molecule has 1 rings (SSSR count). The van der Waals surface area contributed by atoms with Gasteiger partial charge in [0.15, 0.2) is 0 Å². The van der Waals surface area contributed by atoms with Gasteiger partial charge in [-0.25, -0.2) is 0 Å². The van der Waals surface area contributed by atoms with E-state index < -0.39 is 0 Å². The Morgan fingerprint density at radius 2 is 2.44 bits per heavy atom. The minimum Gasteiger partial charge on any atom is -0.394 e. The molecule has 0 aromatic carbocycles. The van der Waals surface area contributed by atoms with E-state index in [2.05, 4.69) is 5.32 Å². The summed E-state index contributed by atoms with van der Waals surface area (Å²) in [5.41, 5.74) is 0. The van der Waals surface area contributed by atoms with Crippen LogP contribution in [0.25, 0.3) is 0 Å². The van der Waals surface area contributed by atoms with Gasteiger partial charge in [0.25, 0.3) is 5.24 Å². The Labute approximate surface area is 99.6 Å².